The van der Waals surface area contributed by atoms with Crippen LogP contribution in [0.25, 0.3) is 10.9 Å². The summed E-state index contributed by atoms with van der Waals surface area (Å²) in [7, 11) is 0. The summed E-state index contributed by atoms with van der Waals surface area (Å²) < 4.78 is 0. The van der Waals surface area contributed by atoms with Gasteiger partial charge in [0.2, 0.25) is 5.28 Å². The van der Waals surface area contributed by atoms with Crippen LogP contribution in [0.5, 0.6) is 0 Å². The first kappa shape index (κ1) is 10.6. The Balaban J connectivity index is 1.89. The molecular weight excluding hydrogens is 246 g/mol. The molecule has 1 aromatic carbocycles. The molecule has 2 aliphatic rings. The minimum atomic E-state index is 0.353. The Labute approximate surface area is 111 Å². The van der Waals surface area contributed by atoms with Crippen LogP contribution in [0.3, 0.4) is 0 Å². The van der Waals surface area contributed by atoms with E-state index in [1.165, 1.54) is 19.3 Å². The zero-order chi connectivity index (χ0) is 12.1. The monoisotopic (exact) mass is 259 g/mol. The highest BCUT2D eigenvalue weighted by atomic mass is 35.5. The van der Waals surface area contributed by atoms with Gasteiger partial charge in [0.1, 0.15) is 5.82 Å². The number of fused-ring (bicyclic) bond motifs is 3. The number of benzene rings is 1. The van der Waals surface area contributed by atoms with Crippen LogP contribution in [0, 0.1) is 5.92 Å². The Kier molecular flexibility index (Phi) is 2.24. The minimum absolute atomic E-state index is 0.353. The Morgan fingerprint density at radius 2 is 2.06 bits per heavy atom. The summed E-state index contributed by atoms with van der Waals surface area (Å²) in [6.07, 6.45) is 3.98. The highest BCUT2D eigenvalue weighted by Gasteiger charge is 2.39. The van der Waals surface area contributed by atoms with Crippen molar-refractivity contribution in [2.45, 2.75) is 25.3 Å². The van der Waals surface area contributed by atoms with Gasteiger partial charge in [0, 0.05) is 18.0 Å². The van der Waals surface area contributed by atoms with Crippen LogP contribution in [0.15, 0.2) is 24.3 Å². The first-order chi connectivity index (χ1) is 8.81. The van der Waals surface area contributed by atoms with Crippen LogP contribution in [0.4, 0.5) is 5.82 Å². The van der Waals surface area contributed by atoms with Crippen LogP contribution >= 0.6 is 11.6 Å². The number of para-hydroxylation sites is 1. The molecule has 2 aromatic rings. The minimum Gasteiger partial charge on any atom is -0.353 e. The van der Waals surface area contributed by atoms with E-state index in [1.807, 2.05) is 18.2 Å². The summed E-state index contributed by atoms with van der Waals surface area (Å²) in [5, 5.41) is 1.47. The molecule has 2 fully saturated rings. The predicted molar refractivity (Wildman–Crippen MR) is 73.0 cm³/mol. The smallest absolute Gasteiger partial charge is 0.224 e. The number of anilines is 1. The number of piperidine rings is 1. The lowest BCUT2D eigenvalue weighted by Crippen LogP contribution is -2.32. The number of rotatable bonds is 1. The molecule has 4 rings (SSSR count). The average Bonchev–Trinajstić information content (AvgIpc) is 3.00. The molecule has 92 valence electrons. The van der Waals surface area contributed by atoms with E-state index < -0.39 is 0 Å². The summed E-state index contributed by atoms with van der Waals surface area (Å²) in [6.45, 7) is 1.13. The van der Waals surface area contributed by atoms with Crippen molar-refractivity contribution in [3.63, 3.8) is 0 Å². The molecule has 18 heavy (non-hydrogen) atoms. The van der Waals surface area contributed by atoms with Gasteiger partial charge in [0.25, 0.3) is 0 Å². The molecule has 4 heteroatoms. The van der Waals surface area contributed by atoms with Gasteiger partial charge in [-0.3, -0.25) is 0 Å². The van der Waals surface area contributed by atoms with Gasteiger partial charge in [-0.15, -0.1) is 0 Å². The maximum Gasteiger partial charge on any atom is 0.224 e. The molecule has 1 aliphatic carbocycles. The summed E-state index contributed by atoms with van der Waals surface area (Å²) in [4.78, 5) is 11.2. The quantitative estimate of drug-likeness (QED) is 0.736. The van der Waals surface area contributed by atoms with Crippen molar-refractivity contribution >= 4 is 28.3 Å². The topological polar surface area (TPSA) is 29.0 Å². The van der Waals surface area contributed by atoms with E-state index in [2.05, 4.69) is 20.9 Å². The summed E-state index contributed by atoms with van der Waals surface area (Å²) in [6, 6.07) is 8.78. The Hall–Kier alpha value is -1.35. The van der Waals surface area contributed by atoms with Crippen molar-refractivity contribution in [1.29, 1.82) is 0 Å². The van der Waals surface area contributed by atoms with Crippen molar-refractivity contribution in [3.8, 4) is 0 Å². The molecule has 2 unspecified atom stereocenters. The molecule has 0 amide bonds. The lowest BCUT2D eigenvalue weighted by Gasteiger charge is -2.28. The normalized spacial score (nSPS) is 26.2. The van der Waals surface area contributed by atoms with E-state index in [0.717, 1.165) is 29.2 Å². The molecule has 0 N–H and O–H groups in total. The molecule has 3 nitrogen and oxygen atoms in total. The molecular formula is C14H14ClN3. The SMILES string of the molecule is Clc1nc(N2CC3CCC2C3)c2ccccc2n1. The molecule has 2 atom stereocenters. The lowest BCUT2D eigenvalue weighted by molar-refractivity contribution is 0.551. The van der Waals surface area contributed by atoms with Crippen molar-refractivity contribution in [1.82, 2.24) is 9.97 Å². The number of hydrogen-bond donors (Lipinski definition) is 0. The van der Waals surface area contributed by atoms with Crippen molar-refractivity contribution in [2.24, 2.45) is 5.92 Å². The van der Waals surface area contributed by atoms with Gasteiger partial charge in [-0.2, -0.15) is 4.98 Å². The average molecular weight is 260 g/mol. The number of aromatic nitrogens is 2. The highest BCUT2D eigenvalue weighted by Crippen LogP contribution is 2.41. The molecule has 2 heterocycles. The van der Waals surface area contributed by atoms with E-state index in [0.29, 0.717) is 11.3 Å². The first-order valence-electron chi connectivity index (χ1n) is 6.50. The summed E-state index contributed by atoms with van der Waals surface area (Å²) >= 11 is 6.06. The maximum absolute atomic E-state index is 6.06. The molecule has 0 radical (unpaired) electrons. The van der Waals surface area contributed by atoms with Crippen molar-refractivity contribution in [3.05, 3.63) is 29.5 Å². The maximum atomic E-state index is 6.06. The van der Waals surface area contributed by atoms with Crippen LogP contribution in [0.2, 0.25) is 5.28 Å². The molecule has 1 saturated carbocycles. The van der Waals surface area contributed by atoms with Gasteiger partial charge < -0.3 is 4.90 Å². The largest absolute Gasteiger partial charge is 0.353 e. The van der Waals surface area contributed by atoms with E-state index >= 15 is 0 Å². The van der Waals surface area contributed by atoms with Gasteiger partial charge in [-0.25, -0.2) is 4.98 Å². The van der Waals surface area contributed by atoms with E-state index in [1.54, 1.807) is 0 Å². The molecule has 1 saturated heterocycles. The molecule has 2 bridgehead atoms. The number of halogens is 1. The number of hydrogen-bond acceptors (Lipinski definition) is 3. The molecule has 1 aromatic heterocycles. The second-order valence-corrected chi connectivity index (χ2v) is 5.66. The fourth-order valence-electron chi connectivity index (χ4n) is 3.44. The fourth-order valence-corrected chi connectivity index (χ4v) is 3.61. The summed E-state index contributed by atoms with van der Waals surface area (Å²) in [5.41, 5.74) is 0.940. The number of nitrogens with zero attached hydrogens (tertiary/aromatic N) is 3. The van der Waals surface area contributed by atoms with E-state index in [-0.39, 0.29) is 0 Å². The third-order valence-corrected chi connectivity index (χ3v) is 4.41. The zero-order valence-electron chi connectivity index (χ0n) is 10.0. The standard InChI is InChI=1S/C14H14ClN3/c15-14-16-12-4-2-1-3-11(12)13(17-14)18-8-9-5-6-10(18)7-9/h1-4,9-10H,5-8H2. The second-order valence-electron chi connectivity index (χ2n) is 5.32. The Morgan fingerprint density at radius 1 is 1.17 bits per heavy atom. The Bertz CT molecular complexity index is 613. The van der Waals surface area contributed by atoms with Gasteiger partial charge in [0.15, 0.2) is 0 Å². The Morgan fingerprint density at radius 3 is 2.83 bits per heavy atom. The van der Waals surface area contributed by atoms with Crippen LogP contribution in [-0.4, -0.2) is 22.6 Å². The third kappa shape index (κ3) is 1.50. The van der Waals surface area contributed by atoms with E-state index in [9.17, 15) is 0 Å². The van der Waals surface area contributed by atoms with Gasteiger partial charge in [-0.1, -0.05) is 12.1 Å². The molecule has 1 aliphatic heterocycles. The van der Waals surface area contributed by atoms with Gasteiger partial charge in [-0.05, 0) is 48.9 Å². The fraction of sp³-hybridized carbons (Fsp3) is 0.429. The molecule has 0 spiro atoms. The van der Waals surface area contributed by atoms with Crippen molar-refractivity contribution < 1.29 is 0 Å². The van der Waals surface area contributed by atoms with Gasteiger partial charge in [0.05, 0.1) is 5.52 Å². The van der Waals surface area contributed by atoms with E-state index in [4.69, 9.17) is 11.6 Å². The highest BCUT2D eigenvalue weighted by molar-refractivity contribution is 6.28. The second kappa shape index (κ2) is 3.82. The predicted octanol–water partition coefficient (Wildman–Crippen LogP) is 3.27. The van der Waals surface area contributed by atoms with Gasteiger partial charge >= 0.3 is 0 Å². The van der Waals surface area contributed by atoms with Crippen LogP contribution in [-0.2, 0) is 0 Å². The van der Waals surface area contributed by atoms with Crippen LogP contribution < -0.4 is 4.90 Å². The first-order valence-corrected chi connectivity index (χ1v) is 6.88. The third-order valence-electron chi connectivity index (χ3n) is 4.24. The lowest BCUT2D eigenvalue weighted by atomic mass is 10.1. The zero-order valence-corrected chi connectivity index (χ0v) is 10.8. The van der Waals surface area contributed by atoms with Crippen molar-refractivity contribution in [2.75, 3.05) is 11.4 Å². The summed E-state index contributed by atoms with van der Waals surface area (Å²) in [5.74, 6) is 1.88. The van der Waals surface area contributed by atoms with Crippen LogP contribution in [0.1, 0.15) is 19.3 Å².